The standard InChI is InChI=1S/C22H15ClF2N4O2S/c23-15-6-4-14(5-7-15)21-27-28-22(31-21)32-13-20(30)29(12-17-3-1-2-10-26-17)19-9-8-16(24)11-18(19)25/h1-11H,12-13H2. The summed E-state index contributed by atoms with van der Waals surface area (Å²) >= 11 is 6.90. The fourth-order valence-corrected chi connectivity index (χ4v) is 3.61. The molecule has 0 radical (unpaired) electrons. The van der Waals surface area contributed by atoms with Crippen LogP contribution in [-0.2, 0) is 11.3 Å². The van der Waals surface area contributed by atoms with E-state index >= 15 is 0 Å². The molecule has 2 heterocycles. The highest BCUT2D eigenvalue weighted by atomic mass is 35.5. The molecule has 0 aliphatic rings. The minimum atomic E-state index is -0.845. The van der Waals surface area contributed by atoms with Gasteiger partial charge in [-0.1, -0.05) is 29.4 Å². The third-order valence-electron chi connectivity index (χ3n) is 4.36. The molecule has 4 aromatic rings. The molecule has 0 bridgehead atoms. The van der Waals surface area contributed by atoms with Gasteiger partial charge in [-0.05, 0) is 48.5 Å². The minimum absolute atomic E-state index is 0.0165. The van der Waals surface area contributed by atoms with Crippen LogP contribution in [0.15, 0.2) is 76.5 Å². The number of hydrogen-bond donors (Lipinski definition) is 0. The number of nitrogens with zero attached hydrogens (tertiary/aromatic N) is 4. The number of aromatic nitrogens is 3. The number of amides is 1. The highest BCUT2D eigenvalue weighted by Gasteiger charge is 2.22. The summed E-state index contributed by atoms with van der Waals surface area (Å²) in [6, 6.07) is 15.1. The lowest BCUT2D eigenvalue weighted by Crippen LogP contribution is -2.33. The Morgan fingerprint density at radius 1 is 1.06 bits per heavy atom. The van der Waals surface area contributed by atoms with Crippen molar-refractivity contribution in [1.82, 2.24) is 15.2 Å². The van der Waals surface area contributed by atoms with Crippen LogP contribution < -0.4 is 4.90 Å². The first-order valence-electron chi connectivity index (χ1n) is 9.37. The predicted octanol–water partition coefficient (Wildman–Crippen LogP) is 5.39. The van der Waals surface area contributed by atoms with Crippen LogP contribution in [0.4, 0.5) is 14.5 Å². The summed E-state index contributed by atoms with van der Waals surface area (Å²) in [4.78, 5) is 18.4. The van der Waals surface area contributed by atoms with Crippen molar-refractivity contribution >= 4 is 35.0 Å². The summed E-state index contributed by atoms with van der Waals surface area (Å²) in [5.74, 6) is -1.83. The lowest BCUT2D eigenvalue weighted by Gasteiger charge is -2.22. The van der Waals surface area contributed by atoms with Crippen molar-refractivity contribution in [2.45, 2.75) is 11.8 Å². The molecule has 0 fully saturated rings. The molecule has 10 heteroatoms. The summed E-state index contributed by atoms with van der Waals surface area (Å²) in [7, 11) is 0. The molecule has 0 atom stereocenters. The van der Waals surface area contributed by atoms with E-state index in [4.69, 9.17) is 16.0 Å². The first-order valence-corrected chi connectivity index (χ1v) is 10.7. The molecule has 2 aromatic heterocycles. The number of hydrogen-bond acceptors (Lipinski definition) is 6. The molecule has 4 rings (SSSR count). The zero-order chi connectivity index (χ0) is 22.5. The van der Waals surface area contributed by atoms with E-state index < -0.39 is 17.5 Å². The maximum absolute atomic E-state index is 14.4. The van der Waals surface area contributed by atoms with Gasteiger partial charge in [0.05, 0.1) is 23.7 Å². The third-order valence-corrected chi connectivity index (χ3v) is 5.42. The highest BCUT2D eigenvalue weighted by Crippen LogP contribution is 2.27. The van der Waals surface area contributed by atoms with E-state index in [-0.39, 0.29) is 29.1 Å². The van der Waals surface area contributed by atoms with Gasteiger partial charge in [0.25, 0.3) is 5.22 Å². The molecule has 0 spiro atoms. The van der Waals surface area contributed by atoms with Gasteiger partial charge < -0.3 is 9.32 Å². The quantitative estimate of drug-likeness (QED) is 0.336. The van der Waals surface area contributed by atoms with E-state index in [9.17, 15) is 13.6 Å². The Hall–Kier alpha value is -3.30. The second-order valence-corrected chi connectivity index (χ2v) is 7.93. The van der Waals surface area contributed by atoms with E-state index in [1.807, 2.05) is 0 Å². The Kier molecular flexibility index (Phi) is 6.77. The Morgan fingerprint density at radius 2 is 1.88 bits per heavy atom. The maximum Gasteiger partial charge on any atom is 0.277 e. The van der Waals surface area contributed by atoms with Crippen LogP contribution >= 0.6 is 23.4 Å². The summed E-state index contributed by atoms with van der Waals surface area (Å²) in [5, 5.41) is 8.67. The molecule has 0 aliphatic heterocycles. The van der Waals surface area contributed by atoms with Gasteiger partial charge in [-0.25, -0.2) is 8.78 Å². The van der Waals surface area contributed by atoms with E-state index in [0.717, 1.165) is 23.9 Å². The molecule has 162 valence electrons. The van der Waals surface area contributed by atoms with E-state index in [1.165, 1.54) is 11.0 Å². The van der Waals surface area contributed by atoms with Gasteiger partial charge in [0.2, 0.25) is 11.8 Å². The van der Waals surface area contributed by atoms with Gasteiger partial charge in [-0.3, -0.25) is 9.78 Å². The number of carbonyl (C=O) groups is 1. The largest absolute Gasteiger partial charge is 0.411 e. The first-order chi connectivity index (χ1) is 15.5. The van der Waals surface area contributed by atoms with E-state index in [2.05, 4.69) is 15.2 Å². The molecule has 0 saturated carbocycles. The SMILES string of the molecule is O=C(CSc1nnc(-c2ccc(Cl)cc2)o1)N(Cc1ccccn1)c1ccc(F)cc1F. The number of rotatable bonds is 7. The fraction of sp³-hybridized carbons (Fsp3) is 0.0909. The van der Waals surface area contributed by atoms with Crippen LogP contribution in [-0.4, -0.2) is 26.8 Å². The number of benzene rings is 2. The lowest BCUT2D eigenvalue weighted by atomic mass is 10.2. The number of halogens is 3. The summed E-state index contributed by atoms with van der Waals surface area (Å²) in [6.07, 6.45) is 1.57. The van der Waals surface area contributed by atoms with Crippen LogP contribution in [0.1, 0.15) is 5.69 Å². The lowest BCUT2D eigenvalue weighted by molar-refractivity contribution is -0.116. The van der Waals surface area contributed by atoms with Crippen LogP contribution in [0.2, 0.25) is 5.02 Å². The average molecular weight is 473 g/mol. The van der Waals surface area contributed by atoms with Crippen LogP contribution in [0, 0.1) is 11.6 Å². The smallest absolute Gasteiger partial charge is 0.277 e. The molecule has 0 saturated heterocycles. The topological polar surface area (TPSA) is 72.1 Å². The zero-order valence-corrected chi connectivity index (χ0v) is 18.0. The summed E-state index contributed by atoms with van der Waals surface area (Å²) in [6.45, 7) is 0.0165. The van der Waals surface area contributed by atoms with Gasteiger partial charge in [0.1, 0.15) is 11.6 Å². The van der Waals surface area contributed by atoms with Crippen molar-refractivity contribution < 1.29 is 18.0 Å². The van der Waals surface area contributed by atoms with Crippen LogP contribution in [0.25, 0.3) is 11.5 Å². The molecule has 1 amide bonds. The van der Waals surface area contributed by atoms with Crippen LogP contribution in [0.5, 0.6) is 0 Å². The van der Waals surface area contributed by atoms with Crippen molar-refractivity contribution in [2.75, 3.05) is 10.7 Å². The third kappa shape index (κ3) is 5.30. The molecule has 0 unspecified atom stereocenters. The van der Waals surface area contributed by atoms with E-state index in [0.29, 0.717) is 16.3 Å². The van der Waals surface area contributed by atoms with Gasteiger partial charge in [-0.2, -0.15) is 0 Å². The van der Waals surface area contributed by atoms with Gasteiger partial charge >= 0.3 is 0 Å². The molecule has 6 nitrogen and oxygen atoms in total. The molecule has 0 aliphatic carbocycles. The summed E-state index contributed by atoms with van der Waals surface area (Å²) in [5.41, 5.74) is 1.19. The van der Waals surface area contributed by atoms with Gasteiger partial charge in [0, 0.05) is 22.8 Å². The molecular formula is C22H15ClF2N4O2S. The highest BCUT2D eigenvalue weighted by molar-refractivity contribution is 7.99. The Balaban J connectivity index is 1.50. The van der Waals surface area contributed by atoms with E-state index in [1.54, 1.807) is 48.7 Å². The number of anilines is 1. The molecule has 2 aromatic carbocycles. The molecule has 0 N–H and O–H groups in total. The zero-order valence-electron chi connectivity index (χ0n) is 16.4. The second-order valence-electron chi connectivity index (χ2n) is 6.57. The van der Waals surface area contributed by atoms with Crippen molar-refractivity contribution in [3.8, 4) is 11.5 Å². The Morgan fingerprint density at radius 3 is 2.59 bits per heavy atom. The predicted molar refractivity (Wildman–Crippen MR) is 117 cm³/mol. The maximum atomic E-state index is 14.4. The number of pyridine rings is 1. The van der Waals surface area contributed by atoms with Crippen molar-refractivity contribution in [3.05, 3.63) is 89.2 Å². The fourth-order valence-electron chi connectivity index (χ4n) is 2.84. The monoisotopic (exact) mass is 472 g/mol. The first kappa shape index (κ1) is 21.9. The van der Waals surface area contributed by atoms with Crippen molar-refractivity contribution in [1.29, 1.82) is 0 Å². The average Bonchev–Trinajstić information content (AvgIpc) is 3.26. The van der Waals surface area contributed by atoms with Crippen molar-refractivity contribution in [3.63, 3.8) is 0 Å². The number of carbonyl (C=O) groups excluding carboxylic acids is 1. The Labute approximate surface area is 191 Å². The summed E-state index contributed by atoms with van der Waals surface area (Å²) < 4.78 is 33.4. The van der Waals surface area contributed by atoms with Crippen molar-refractivity contribution in [2.24, 2.45) is 0 Å². The van der Waals surface area contributed by atoms with Crippen LogP contribution in [0.3, 0.4) is 0 Å². The van der Waals surface area contributed by atoms with Gasteiger partial charge in [-0.15, -0.1) is 10.2 Å². The Bertz CT molecular complexity index is 1220. The van der Waals surface area contributed by atoms with Gasteiger partial charge in [0.15, 0.2) is 0 Å². The molecule has 32 heavy (non-hydrogen) atoms. The minimum Gasteiger partial charge on any atom is -0.411 e. The normalized spacial score (nSPS) is 10.8. The number of thioether (sulfide) groups is 1. The second kappa shape index (κ2) is 9.88. The molecular weight excluding hydrogens is 458 g/mol.